The third-order valence-corrected chi connectivity index (χ3v) is 2.57. The fraction of sp³-hybridized carbons (Fsp3) is 0.667. The molecule has 4 N–H and O–H groups in total. The smallest absolute Gasteiger partial charge is 0.320 e. The number of hydrogen-bond acceptors (Lipinski definition) is 5. The maximum atomic E-state index is 10.9. The van der Waals surface area contributed by atoms with Crippen LogP contribution in [0.15, 0.2) is 0 Å². The number of carboxylic acid groups (broad SMARTS) is 3. The average molecular weight is 246 g/mol. The zero-order valence-electron chi connectivity index (χ0n) is 9.00. The van der Waals surface area contributed by atoms with E-state index in [2.05, 4.69) is 5.32 Å². The molecule has 1 fully saturated rings. The predicted molar refractivity (Wildman–Crippen MR) is 54.7 cm³/mol. The second-order valence-electron chi connectivity index (χ2n) is 3.88. The molecule has 0 aromatic carbocycles. The summed E-state index contributed by atoms with van der Waals surface area (Å²) < 4.78 is 0. The quantitative estimate of drug-likeness (QED) is 0.435. The third kappa shape index (κ3) is 4.00. The van der Waals surface area contributed by atoms with E-state index in [1.54, 1.807) is 0 Å². The molecule has 0 aromatic heterocycles. The standard InChI is InChI=1S/C9H14N2O6/c12-7(13)2-10-5-1-6(9(16)17)11(3-5)4-8(14)15/h5-6,10H,1-4H2,(H,12,13)(H,14,15)(H,16,17). The monoisotopic (exact) mass is 246 g/mol. The van der Waals surface area contributed by atoms with Crippen molar-refractivity contribution in [2.75, 3.05) is 19.6 Å². The molecular formula is C9H14N2O6. The highest BCUT2D eigenvalue weighted by atomic mass is 16.4. The number of hydrogen-bond donors (Lipinski definition) is 4. The fourth-order valence-electron chi connectivity index (χ4n) is 1.89. The highest BCUT2D eigenvalue weighted by Gasteiger charge is 2.37. The summed E-state index contributed by atoms with van der Waals surface area (Å²) in [7, 11) is 0. The van der Waals surface area contributed by atoms with Crippen molar-refractivity contribution in [1.29, 1.82) is 0 Å². The van der Waals surface area contributed by atoms with Crippen molar-refractivity contribution in [2.45, 2.75) is 18.5 Å². The third-order valence-electron chi connectivity index (χ3n) is 2.57. The number of rotatable bonds is 6. The Labute approximate surface area is 96.8 Å². The van der Waals surface area contributed by atoms with Crippen molar-refractivity contribution in [3.8, 4) is 0 Å². The summed E-state index contributed by atoms with van der Waals surface area (Å²) in [4.78, 5) is 33.1. The molecule has 0 amide bonds. The molecule has 1 aliphatic heterocycles. The lowest BCUT2D eigenvalue weighted by atomic mass is 10.2. The van der Waals surface area contributed by atoms with Crippen LogP contribution in [0.5, 0.6) is 0 Å². The van der Waals surface area contributed by atoms with E-state index in [1.165, 1.54) is 4.90 Å². The topological polar surface area (TPSA) is 127 Å². The number of aliphatic carboxylic acids is 3. The minimum Gasteiger partial charge on any atom is -0.480 e. The van der Waals surface area contributed by atoms with E-state index in [9.17, 15) is 14.4 Å². The predicted octanol–water partition coefficient (Wildman–Crippen LogP) is -1.73. The van der Waals surface area contributed by atoms with Gasteiger partial charge in [0.05, 0.1) is 13.1 Å². The van der Waals surface area contributed by atoms with Gasteiger partial charge in [-0.2, -0.15) is 0 Å². The van der Waals surface area contributed by atoms with Crippen LogP contribution in [0, 0.1) is 0 Å². The Morgan fingerprint density at radius 3 is 2.29 bits per heavy atom. The Morgan fingerprint density at radius 1 is 1.18 bits per heavy atom. The Bertz CT molecular complexity index is 331. The van der Waals surface area contributed by atoms with Crippen molar-refractivity contribution in [2.24, 2.45) is 0 Å². The molecule has 0 spiro atoms. The van der Waals surface area contributed by atoms with Crippen LogP contribution in [-0.2, 0) is 14.4 Å². The van der Waals surface area contributed by atoms with Gasteiger partial charge in [0, 0.05) is 12.6 Å². The number of nitrogens with zero attached hydrogens (tertiary/aromatic N) is 1. The molecule has 96 valence electrons. The molecule has 1 heterocycles. The number of nitrogens with one attached hydrogen (secondary N) is 1. The van der Waals surface area contributed by atoms with E-state index in [0.717, 1.165) is 0 Å². The highest BCUT2D eigenvalue weighted by Crippen LogP contribution is 2.17. The van der Waals surface area contributed by atoms with Gasteiger partial charge in [-0.25, -0.2) is 0 Å². The van der Waals surface area contributed by atoms with E-state index in [1.807, 2.05) is 0 Å². The number of carboxylic acids is 3. The van der Waals surface area contributed by atoms with Crippen LogP contribution in [0.1, 0.15) is 6.42 Å². The number of carbonyl (C=O) groups is 3. The zero-order chi connectivity index (χ0) is 13.0. The Morgan fingerprint density at radius 2 is 1.82 bits per heavy atom. The first kappa shape index (κ1) is 13.4. The van der Waals surface area contributed by atoms with Crippen molar-refractivity contribution < 1.29 is 29.7 Å². The summed E-state index contributed by atoms with van der Waals surface area (Å²) in [6, 6.07) is -1.19. The average Bonchev–Trinajstić information content (AvgIpc) is 2.57. The molecular weight excluding hydrogens is 232 g/mol. The molecule has 1 saturated heterocycles. The second-order valence-corrected chi connectivity index (χ2v) is 3.88. The van der Waals surface area contributed by atoms with Gasteiger partial charge in [0.15, 0.2) is 0 Å². The Hall–Kier alpha value is -1.67. The molecule has 2 atom stereocenters. The van der Waals surface area contributed by atoms with Crippen LogP contribution in [-0.4, -0.2) is 69.8 Å². The first-order chi connectivity index (χ1) is 7.90. The van der Waals surface area contributed by atoms with E-state index in [0.29, 0.717) is 0 Å². The number of likely N-dealkylation sites (tertiary alicyclic amines) is 1. The highest BCUT2D eigenvalue weighted by molar-refractivity contribution is 5.76. The van der Waals surface area contributed by atoms with Gasteiger partial charge in [-0.05, 0) is 6.42 Å². The van der Waals surface area contributed by atoms with Gasteiger partial charge in [-0.3, -0.25) is 19.3 Å². The summed E-state index contributed by atoms with van der Waals surface area (Å²) in [5.74, 6) is -3.23. The molecule has 8 heteroatoms. The largest absolute Gasteiger partial charge is 0.480 e. The van der Waals surface area contributed by atoms with Gasteiger partial charge >= 0.3 is 17.9 Å². The van der Waals surface area contributed by atoms with Crippen LogP contribution >= 0.6 is 0 Å². The molecule has 0 radical (unpaired) electrons. The van der Waals surface area contributed by atoms with Crippen molar-refractivity contribution >= 4 is 17.9 Å². The molecule has 8 nitrogen and oxygen atoms in total. The molecule has 0 aliphatic carbocycles. The molecule has 1 rings (SSSR count). The molecule has 17 heavy (non-hydrogen) atoms. The summed E-state index contributed by atoms with van der Waals surface area (Å²) in [6.45, 7) is -0.406. The van der Waals surface area contributed by atoms with E-state index in [-0.39, 0.29) is 32.1 Å². The minimum absolute atomic E-state index is 0.204. The fourth-order valence-corrected chi connectivity index (χ4v) is 1.89. The molecule has 0 aromatic rings. The molecule has 2 unspecified atom stereocenters. The summed E-state index contributed by atoms with van der Waals surface area (Å²) in [6.07, 6.45) is 0.204. The summed E-state index contributed by atoms with van der Waals surface area (Å²) >= 11 is 0. The van der Waals surface area contributed by atoms with Gasteiger partial charge < -0.3 is 20.6 Å². The van der Waals surface area contributed by atoms with Gasteiger partial charge in [0.2, 0.25) is 0 Å². The van der Waals surface area contributed by atoms with Crippen molar-refractivity contribution in [1.82, 2.24) is 10.2 Å². The lowest BCUT2D eigenvalue weighted by molar-refractivity contribution is -0.144. The van der Waals surface area contributed by atoms with Crippen molar-refractivity contribution in [3.63, 3.8) is 0 Å². The summed E-state index contributed by atoms with van der Waals surface area (Å²) in [5.41, 5.74) is 0. The van der Waals surface area contributed by atoms with E-state index >= 15 is 0 Å². The maximum Gasteiger partial charge on any atom is 0.320 e. The van der Waals surface area contributed by atoms with Crippen LogP contribution in [0.3, 0.4) is 0 Å². The van der Waals surface area contributed by atoms with Crippen LogP contribution in [0.2, 0.25) is 0 Å². The minimum atomic E-state index is -1.10. The molecule has 0 bridgehead atoms. The first-order valence-corrected chi connectivity index (χ1v) is 5.04. The second kappa shape index (κ2) is 5.60. The maximum absolute atomic E-state index is 10.9. The molecule has 0 saturated carbocycles. The molecule has 1 aliphatic rings. The lowest BCUT2D eigenvalue weighted by Crippen LogP contribution is -2.40. The zero-order valence-corrected chi connectivity index (χ0v) is 9.00. The van der Waals surface area contributed by atoms with Crippen LogP contribution in [0.25, 0.3) is 0 Å². The lowest BCUT2D eigenvalue weighted by Gasteiger charge is -2.17. The van der Waals surface area contributed by atoms with Gasteiger partial charge in [-0.1, -0.05) is 0 Å². The van der Waals surface area contributed by atoms with E-state index < -0.39 is 23.9 Å². The summed E-state index contributed by atoms with van der Waals surface area (Å²) in [5, 5.41) is 28.7. The Kier molecular flexibility index (Phi) is 4.41. The van der Waals surface area contributed by atoms with Gasteiger partial charge in [0.25, 0.3) is 0 Å². The first-order valence-electron chi connectivity index (χ1n) is 5.04. The van der Waals surface area contributed by atoms with Gasteiger partial charge in [0.1, 0.15) is 6.04 Å². The van der Waals surface area contributed by atoms with Crippen LogP contribution < -0.4 is 5.32 Å². The van der Waals surface area contributed by atoms with Gasteiger partial charge in [-0.15, -0.1) is 0 Å². The normalized spacial score (nSPS) is 24.7. The Balaban J connectivity index is 2.55. The van der Waals surface area contributed by atoms with E-state index in [4.69, 9.17) is 15.3 Å². The van der Waals surface area contributed by atoms with Crippen LogP contribution in [0.4, 0.5) is 0 Å². The SMILES string of the molecule is O=C(O)CNC1CC(C(=O)O)N(CC(=O)O)C1. The van der Waals surface area contributed by atoms with Crippen molar-refractivity contribution in [3.05, 3.63) is 0 Å².